The summed E-state index contributed by atoms with van der Waals surface area (Å²) in [7, 11) is -3.26. The van der Waals surface area contributed by atoms with Gasteiger partial charge in [0.05, 0.1) is 10.4 Å². The van der Waals surface area contributed by atoms with Gasteiger partial charge in [-0.25, -0.2) is 13.4 Å². The van der Waals surface area contributed by atoms with Gasteiger partial charge in [0.15, 0.2) is 9.84 Å². The highest BCUT2D eigenvalue weighted by molar-refractivity contribution is 7.91. The third-order valence-electron chi connectivity index (χ3n) is 3.32. The topological polar surface area (TPSA) is 88.8 Å². The molecule has 19 heavy (non-hydrogen) atoms. The van der Waals surface area contributed by atoms with Crippen LogP contribution in [-0.4, -0.2) is 31.2 Å². The summed E-state index contributed by atoms with van der Waals surface area (Å²) in [4.78, 5) is 7.87. The number of rotatable bonds is 5. The van der Waals surface area contributed by atoms with Gasteiger partial charge in [-0.1, -0.05) is 19.4 Å². The molecule has 1 unspecified atom stereocenters. The number of benzene rings is 1. The van der Waals surface area contributed by atoms with Crippen LogP contribution in [0.15, 0.2) is 23.1 Å². The van der Waals surface area contributed by atoms with E-state index in [9.17, 15) is 8.42 Å². The standard InChI is InChI=1S/C13H19N3O2S/c1-3-9(8-14)7-12-15-10-5-4-6-11(13(10)16-12)19(2,17)18/h4-6,9H,3,7-8,14H2,1-2H3,(H,15,16). The lowest BCUT2D eigenvalue weighted by Gasteiger charge is -2.08. The Bertz CT molecular complexity index is 672. The molecule has 0 aliphatic rings. The predicted octanol–water partition coefficient (Wildman–Crippen LogP) is 1.49. The lowest BCUT2D eigenvalue weighted by atomic mass is 10.0. The number of fused-ring (bicyclic) bond motifs is 1. The van der Waals surface area contributed by atoms with Crippen LogP contribution in [0.25, 0.3) is 11.0 Å². The van der Waals surface area contributed by atoms with Crippen LogP contribution < -0.4 is 5.73 Å². The molecule has 1 heterocycles. The van der Waals surface area contributed by atoms with Gasteiger partial charge in [0.25, 0.3) is 0 Å². The van der Waals surface area contributed by atoms with E-state index in [1.54, 1.807) is 12.1 Å². The quantitative estimate of drug-likeness (QED) is 0.869. The Morgan fingerprint density at radius 1 is 1.42 bits per heavy atom. The summed E-state index contributed by atoms with van der Waals surface area (Å²) < 4.78 is 23.4. The van der Waals surface area contributed by atoms with E-state index in [4.69, 9.17) is 5.73 Å². The molecule has 2 rings (SSSR count). The Morgan fingerprint density at radius 2 is 2.16 bits per heavy atom. The first-order valence-electron chi connectivity index (χ1n) is 6.33. The van der Waals surface area contributed by atoms with Crippen molar-refractivity contribution in [1.82, 2.24) is 9.97 Å². The Hall–Kier alpha value is -1.40. The lowest BCUT2D eigenvalue weighted by Crippen LogP contribution is -2.16. The number of nitrogens with zero attached hydrogens (tertiary/aromatic N) is 1. The van der Waals surface area contributed by atoms with Gasteiger partial charge in [-0.05, 0) is 24.6 Å². The van der Waals surface area contributed by atoms with E-state index in [1.807, 2.05) is 6.07 Å². The van der Waals surface area contributed by atoms with Crippen LogP contribution in [0.2, 0.25) is 0 Å². The molecular weight excluding hydrogens is 262 g/mol. The molecule has 0 bridgehead atoms. The molecule has 5 nitrogen and oxygen atoms in total. The van der Waals surface area contributed by atoms with Crippen molar-refractivity contribution < 1.29 is 8.42 Å². The van der Waals surface area contributed by atoms with Crippen LogP contribution in [0, 0.1) is 5.92 Å². The molecule has 0 saturated heterocycles. The molecule has 6 heteroatoms. The fraction of sp³-hybridized carbons (Fsp3) is 0.462. The number of nitrogens with one attached hydrogen (secondary N) is 1. The molecule has 3 N–H and O–H groups in total. The number of para-hydroxylation sites is 1. The van der Waals surface area contributed by atoms with Crippen molar-refractivity contribution in [1.29, 1.82) is 0 Å². The van der Waals surface area contributed by atoms with Crippen LogP contribution in [0.3, 0.4) is 0 Å². The minimum absolute atomic E-state index is 0.272. The molecule has 0 aliphatic heterocycles. The Labute approximate surface area is 113 Å². The number of sulfone groups is 1. The maximum Gasteiger partial charge on any atom is 0.177 e. The van der Waals surface area contributed by atoms with Crippen LogP contribution in [0.1, 0.15) is 19.2 Å². The molecule has 0 radical (unpaired) electrons. The highest BCUT2D eigenvalue weighted by Gasteiger charge is 2.16. The monoisotopic (exact) mass is 281 g/mol. The first-order valence-corrected chi connectivity index (χ1v) is 8.22. The number of hydrogen-bond donors (Lipinski definition) is 2. The molecule has 0 aliphatic carbocycles. The molecule has 1 aromatic carbocycles. The van der Waals surface area contributed by atoms with Gasteiger partial charge in [-0.2, -0.15) is 0 Å². The summed E-state index contributed by atoms with van der Waals surface area (Å²) in [6, 6.07) is 5.15. The Kier molecular flexibility index (Phi) is 3.91. The zero-order chi connectivity index (χ0) is 14.0. The van der Waals surface area contributed by atoms with E-state index in [-0.39, 0.29) is 4.90 Å². The average Bonchev–Trinajstić information content (AvgIpc) is 2.76. The summed E-state index contributed by atoms with van der Waals surface area (Å²) in [5.41, 5.74) is 6.96. The van der Waals surface area contributed by atoms with Crippen LogP contribution in [0.5, 0.6) is 0 Å². The van der Waals surface area contributed by atoms with Crippen molar-refractivity contribution >= 4 is 20.9 Å². The lowest BCUT2D eigenvalue weighted by molar-refractivity contribution is 0.508. The number of H-pyrrole nitrogens is 1. The first-order chi connectivity index (χ1) is 8.95. The van der Waals surface area contributed by atoms with E-state index >= 15 is 0 Å². The minimum atomic E-state index is -3.26. The molecular formula is C13H19N3O2S. The van der Waals surface area contributed by atoms with E-state index in [1.165, 1.54) is 6.26 Å². The number of hydrogen-bond acceptors (Lipinski definition) is 4. The van der Waals surface area contributed by atoms with Crippen molar-refractivity contribution in [3.63, 3.8) is 0 Å². The molecule has 0 fully saturated rings. The van der Waals surface area contributed by atoms with Gasteiger partial charge >= 0.3 is 0 Å². The van der Waals surface area contributed by atoms with Crippen LogP contribution in [-0.2, 0) is 16.3 Å². The molecule has 1 aromatic heterocycles. The summed E-state index contributed by atoms with van der Waals surface area (Å²) >= 11 is 0. The predicted molar refractivity (Wildman–Crippen MR) is 75.7 cm³/mol. The van der Waals surface area contributed by atoms with Crippen LogP contribution in [0.4, 0.5) is 0 Å². The van der Waals surface area contributed by atoms with E-state index in [0.29, 0.717) is 18.0 Å². The Morgan fingerprint density at radius 3 is 2.74 bits per heavy atom. The third kappa shape index (κ3) is 2.96. The molecule has 1 atom stereocenters. The zero-order valence-corrected chi connectivity index (χ0v) is 12.0. The van der Waals surface area contributed by atoms with E-state index < -0.39 is 9.84 Å². The third-order valence-corrected chi connectivity index (χ3v) is 4.45. The molecule has 0 spiro atoms. The molecule has 0 amide bonds. The summed E-state index contributed by atoms with van der Waals surface area (Å²) in [5.74, 6) is 1.16. The second-order valence-electron chi connectivity index (χ2n) is 4.82. The minimum Gasteiger partial charge on any atom is -0.342 e. The summed E-state index contributed by atoms with van der Waals surface area (Å²) in [6.07, 6.45) is 2.92. The first kappa shape index (κ1) is 14.0. The molecule has 2 aromatic rings. The van der Waals surface area contributed by atoms with Crippen molar-refractivity contribution in [3.8, 4) is 0 Å². The van der Waals surface area contributed by atoms with Gasteiger partial charge in [-0.3, -0.25) is 0 Å². The SMILES string of the molecule is CCC(CN)Cc1nc2c(S(C)(=O)=O)cccc2[nH]1. The van der Waals surface area contributed by atoms with Gasteiger partial charge < -0.3 is 10.7 Å². The average molecular weight is 281 g/mol. The number of aromatic nitrogens is 2. The van der Waals surface area contributed by atoms with Crippen LogP contribution >= 0.6 is 0 Å². The van der Waals surface area contributed by atoms with Crippen molar-refractivity contribution in [2.24, 2.45) is 11.7 Å². The largest absolute Gasteiger partial charge is 0.342 e. The molecule has 0 saturated carbocycles. The van der Waals surface area contributed by atoms with Crippen molar-refractivity contribution in [3.05, 3.63) is 24.0 Å². The van der Waals surface area contributed by atoms with Gasteiger partial charge in [0.2, 0.25) is 0 Å². The maximum atomic E-state index is 11.7. The second kappa shape index (κ2) is 5.30. The summed E-state index contributed by atoms with van der Waals surface area (Å²) in [6.45, 7) is 2.69. The highest BCUT2D eigenvalue weighted by Crippen LogP contribution is 2.22. The van der Waals surface area contributed by atoms with Gasteiger partial charge in [0, 0.05) is 12.7 Å². The molecule has 104 valence electrons. The van der Waals surface area contributed by atoms with E-state index in [2.05, 4.69) is 16.9 Å². The smallest absolute Gasteiger partial charge is 0.177 e. The fourth-order valence-corrected chi connectivity index (χ4v) is 2.95. The highest BCUT2D eigenvalue weighted by atomic mass is 32.2. The zero-order valence-electron chi connectivity index (χ0n) is 11.2. The Balaban J connectivity index is 2.46. The summed E-state index contributed by atoms with van der Waals surface area (Å²) in [5, 5.41) is 0. The van der Waals surface area contributed by atoms with Gasteiger partial charge in [0.1, 0.15) is 11.3 Å². The number of nitrogens with two attached hydrogens (primary N) is 1. The maximum absolute atomic E-state index is 11.7. The second-order valence-corrected chi connectivity index (χ2v) is 6.81. The number of aromatic amines is 1. The number of imidazole rings is 1. The fourth-order valence-electron chi connectivity index (χ4n) is 2.12. The van der Waals surface area contributed by atoms with Gasteiger partial charge in [-0.15, -0.1) is 0 Å². The normalized spacial score (nSPS) is 13.8. The van der Waals surface area contributed by atoms with Crippen molar-refractivity contribution in [2.75, 3.05) is 12.8 Å². The van der Waals surface area contributed by atoms with Crippen molar-refractivity contribution in [2.45, 2.75) is 24.7 Å². The van der Waals surface area contributed by atoms with E-state index in [0.717, 1.165) is 24.2 Å².